The molecule has 0 saturated heterocycles. The fraction of sp³-hybridized carbons (Fsp3) is 0.360. The summed E-state index contributed by atoms with van der Waals surface area (Å²) in [6.45, 7) is 5.30. The van der Waals surface area contributed by atoms with Crippen molar-refractivity contribution in [2.75, 3.05) is 13.3 Å². The number of nitrogens with zero attached hydrogens (tertiary/aromatic N) is 1. The number of ether oxygens (including phenoxy) is 3. The van der Waals surface area contributed by atoms with Crippen LogP contribution in [0.5, 0.6) is 17.2 Å². The minimum Gasteiger partial charge on any atom is -0.478 e. The number of carbonyl (C=O) groups is 1. The van der Waals surface area contributed by atoms with E-state index in [4.69, 9.17) is 18.6 Å². The maximum absolute atomic E-state index is 13.2. The topological polar surface area (TPSA) is 78.2 Å². The molecule has 2 aliphatic rings. The highest BCUT2D eigenvalue weighted by Crippen LogP contribution is 2.37. The molecule has 0 atom stereocenters. The van der Waals surface area contributed by atoms with E-state index in [9.17, 15) is 9.59 Å². The quantitative estimate of drug-likeness (QED) is 0.516. The van der Waals surface area contributed by atoms with Crippen LogP contribution in [-0.4, -0.2) is 30.2 Å². The van der Waals surface area contributed by atoms with Gasteiger partial charge in [0.1, 0.15) is 29.6 Å². The van der Waals surface area contributed by atoms with Gasteiger partial charge in [-0.2, -0.15) is 0 Å². The van der Waals surface area contributed by atoms with Crippen molar-refractivity contribution in [3.63, 3.8) is 0 Å². The zero-order chi connectivity index (χ0) is 22.2. The number of hydrogen-bond acceptors (Lipinski definition) is 7. The zero-order valence-corrected chi connectivity index (χ0v) is 18.2. The molecule has 0 unspecified atom stereocenters. The molecule has 166 valence electrons. The highest BCUT2D eigenvalue weighted by Gasteiger charge is 2.33. The average molecular weight is 435 g/mol. The van der Waals surface area contributed by atoms with Crippen LogP contribution in [0.2, 0.25) is 0 Å². The highest BCUT2D eigenvalue weighted by atomic mass is 16.5. The van der Waals surface area contributed by atoms with Gasteiger partial charge in [-0.25, -0.2) is 4.79 Å². The molecule has 1 aliphatic heterocycles. The first kappa shape index (κ1) is 20.6. The number of hydrogen-bond donors (Lipinski definition) is 0. The SMILES string of the molecule is CCCOC(=O)c1ccc(Oc2c(C)oc3c4c(ccc3c2=O)OCN(C2CC2)C4)cc1. The number of carbonyl (C=O) groups excluding carboxylic acids is 1. The molecule has 0 N–H and O–H groups in total. The Morgan fingerprint density at radius 2 is 1.94 bits per heavy atom. The lowest BCUT2D eigenvalue weighted by Crippen LogP contribution is -2.33. The molecule has 1 aromatic heterocycles. The van der Waals surface area contributed by atoms with E-state index < -0.39 is 0 Å². The molecule has 0 amide bonds. The van der Waals surface area contributed by atoms with Crippen molar-refractivity contribution < 1.29 is 23.4 Å². The van der Waals surface area contributed by atoms with Crippen LogP contribution in [0.25, 0.3) is 11.0 Å². The Morgan fingerprint density at radius 3 is 2.66 bits per heavy atom. The van der Waals surface area contributed by atoms with Crippen LogP contribution >= 0.6 is 0 Å². The van der Waals surface area contributed by atoms with Crippen LogP contribution in [0.1, 0.15) is 47.9 Å². The van der Waals surface area contributed by atoms with Crippen molar-refractivity contribution in [1.29, 1.82) is 0 Å². The summed E-state index contributed by atoms with van der Waals surface area (Å²) in [7, 11) is 0. The summed E-state index contributed by atoms with van der Waals surface area (Å²) >= 11 is 0. The van der Waals surface area contributed by atoms with Crippen LogP contribution in [0.4, 0.5) is 0 Å². The van der Waals surface area contributed by atoms with E-state index in [1.807, 2.05) is 13.0 Å². The van der Waals surface area contributed by atoms with Gasteiger partial charge in [0.2, 0.25) is 11.2 Å². The van der Waals surface area contributed by atoms with Crippen molar-refractivity contribution in [1.82, 2.24) is 4.90 Å². The van der Waals surface area contributed by atoms with Gasteiger partial charge in [0.05, 0.1) is 23.1 Å². The van der Waals surface area contributed by atoms with Gasteiger partial charge >= 0.3 is 5.97 Å². The van der Waals surface area contributed by atoms with E-state index in [1.54, 1.807) is 37.3 Å². The van der Waals surface area contributed by atoms with Crippen LogP contribution < -0.4 is 14.9 Å². The minimum atomic E-state index is -0.382. The van der Waals surface area contributed by atoms with Gasteiger partial charge in [0.15, 0.2) is 0 Å². The Bertz CT molecular complexity index is 1230. The van der Waals surface area contributed by atoms with Crippen molar-refractivity contribution in [2.45, 2.75) is 45.7 Å². The Balaban J connectivity index is 1.44. The predicted octanol–water partition coefficient (Wildman–Crippen LogP) is 4.77. The number of benzene rings is 2. The highest BCUT2D eigenvalue weighted by molar-refractivity contribution is 5.89. The van der Waals surface area contributed by atoms with Gasteiger partial charge in [-0.3, -0.25) is 9.69 Å². The maximum Gasteiger partial charge on any atom is 0.338 e. The molecule has 2 heterocycles. The molecule has 0 radical (unpaired) electrons. The first-order valence-electron chi connectivity index (χ1n) is 11.0. The van der Waals surface area contributed by atoms with Gasteiger partial charge in [-0.15, -0.1) is 0 Å². The van der Waals surface area contributed by atoms with E-state index in [0.29, 0.717) is 54.0 Å². The van der Waals surface area contributed by atoms with Gasteiger partial charge in [0, 0.05) is 12.6 Å². The van der Waals surface area contributed by atoms with Crippen LogP contribution in [-0.2, 0) is 11.3 Å². The first-order valence-corrected chi connectivity index (χ1v) is 11.0. The fourth-order valence-corrected chi connectivity index (χ4v) is 3.92. The molecule has 1 aliphatic carbocycles. The zero-order valence-electron chi connectivity index (χ0n) is 18.2. The van der Waals surface area contributed by atoms with Crippen LogP contribution in [0.15, 0.2) is 45.6 Å². The van der Waals surface area contributed by atoms with Crippen molar-refractivity contribution in [2.24, 2.45) is 0 Å². The second-order valence-electron chi connectivity index (χ2n) is 8.25. The Labute approximate surface area is 185 Å². The van der Waals surface area contributed by atoms with Gasteiger partial charge < -0.3 is 18.6 Å². The first-order chi connectivity index (χ1) is 15.5. The standard InChI is InChI=1S/C25H25NO6/c1-3-12-29-25(28)16-4-8-18(9-5-16)32-23-15(2)31-24-19(22(23)27)10-11-21-20(24)13-26(14-30-21)17-6-7-17/h4-5,8-11,17H,3,6-7,12-14H2,1-2H3. The Morgan fingerprint density at radius 1 is 1.16 bits per heavy atom. The summed E-state index contributed by atoms with van der Waals surface area (Å²) in [6, 6.07) is 10.6. The molecule has 1 fully saturated rings. The summed E-state index contributed by atoms with van der Waals surface area (Å²) < 4.78 is 23.0. The Kier molecular flexibility index (Phi) is 5.35. The predicted molar refractivity (Wildman–Crippen MR) is 118 cm³/mol. The monoisotopic (exact) mass is 435 g/mol. The number of fused-ring (bicyclic) bond motifs is 3. The molecular formula is C25H25NO6. The van der Waals surface area contributed by atoms with Crippen molar-refractivity contribution >= 4 is 16.9 Å². The smallest absolute Gasteiger partial charge is 0.338 e. The average Bonchev–Trinajstić information content (AvgIpc) is 3.66. The van der Waals surface area contributed by atoms with E-state index in [-0.39, 0.29) is 17.1 Å². The van der Waals surface area contributed by atoms with Crippen LogP contribution in [0, 0.1) is 6.92 Å². The lowest BCUT2D eigenvalue weighted by molar-refractivity contribution is 0.0505. The van der Waals surface area contributed by atoms with E-state index >= 15 is 0 Å². The van der Waals surface area contributed by atoms with Gasteiger partial charge in [-0.05, 0) is 62.6 Å². The summed E-state index contributed by atoms with van der Waals surface area (Å²) in [5, 5.41) is 0.463. The molecule has 5 rings (SSSR count). The number of esters is 1. The largest absolute Gasteiger partial charge is 0.478 e. The van der Waals surface area contributed by atoms with E-state index in [1.165, 1.54) is 12.8 Å². The third-order valence-corrected chi connectivity index (χ3v) is 5.80. The summed E-state index contributed by atoms with van der Waals surface area (Å²) in [5.74, 6) is 1.34. The molecule has 7 heteroatoms. The molecule has 0 bridgehead atoms. The summed E-state index contributed by atoms with van der Waals surface area (Å²) in [6.07, 6.45) is 3.12. The number of aryl methyl sites for hydroxylation is 1. The third-order valence-electron chi connectivity index (χ3n) is 5.80. The second-order valence-corrected chi connectivity index (χ2v) is 8.25. The molecular weight excluding hydrogens is 410 g/mol. The van der Waals surface area contributed by atoms with Crippen molar-refractivity contribution in [3.05, 3.63) is 63.5 Å². The van der Waals surface area contributed by atoms with Gasteiger partial charge in [-0.1, -0.05) is 6.92 Å². The summed E-state index contributed by atoms with van der Waals surface area (Å²) in [5.41, 5.74) is 1.65. The molecule has 1 saturated carbocycles. The molecule has 0 spiro atoms. The molecule has 2 aromatic carbocycles. The number of rotatable bonds is 6. The lowest BCUT2D eigenvalue weighted by atomic mass is 10.1. The summed E-state index contributed by atoms with van der Waals surface area (Å²) in [4.78, 5) is 27.5. The van der Waals surface area contributed by atoms with Crippen molar-refractivity contribution in [3.8, 4) is 17.2 Å². The van der Waals surface area contributed by atoms with E-state index in [0.717, 1.165) is 17.7 Å². The normalized spacial score (nSPS) is 15.8. The molecule has 3 aromatic rings. The fourth-order valence-electron chi connectivity index (χ4n) is 3.92. The second kappa shape index (κ2) is 8.31. The third kappa shape index (κ3) is 3.84. The Hall–Kier alpha value is -3.32. The molecule has 32 heavy (non-hydrogen) atoms. The van der Waals surface area contributed by atoms with E-state index in [2.05, 4.69) is 4.90 Å². The molecule has 7 nitrogen and oxygen atoms in total. The van der Waals surface area contributed by atoms with Gasteiger partial charge in [0.25, 0.3) is 0 Å². The minimum absolute atomic E-state index is 0.134. The lowest BCUT2D eigenvalue weighted by Gasteiger charge is -2.29. The maximum atomic E-state index is 13.2. The van der Waals surface area contributed by atoms with Crippen LogP contribution in [0.3, 0.4) is 0 Å².